The smallest absolute Gasteiger partial charge is 0.149 e. The van der Waals surface area contributed by atoms with Crippen LogP contribution in [0.1, 0.15) is 96.7 Å². The van der Waals surface area contributed by atoms with Crippen LogP contribution in [0.2, 0.25) is 0 Å². The molecule has 59 heavy (non-hydrogen) atoms. The predicted molar refractivity (Wildman–Crippen MR) is 249 cm³/mol. The van der Waals surface area contributed by atoms with Crippen LogP contribution in [0.3, 0.4) is 0 Å². The third-order valence-corrected chi connectivity index (χ3v) is 11.1. The van der Waals surface area contributed by atoms with Gasteiger partial charge in [-0.05, 0) is 111 Å². The number of aryl methyl sites for hydroxylation is 1. The number of phenols is 1. The molecule has 0 unspecified atom stereocenters. The standard InChI is InChI=1S/C55H55N3O/c1-35-22-24-36(25-23-35)38-28-29-56-47(33-38)40-30-39(31-42(32-40)54(5,6)7)43-18-15-21-49-50(43)57-52(44-19-14-20-46(51(44)59)55(8,9)10)58(49)48-27-26-41(53(2,3)4)34-45(48)37-16-12-11-13-17-37/h11-34,59H,1-10H3/i8D3,9D3,10D3. The summed E-state index contributed by atoms with van der Waals surface area (Å²) in [5, 5.41) is 12.5. The third-order valence-electron chi connectivity index (χ3n) is 11.1. The summed E-state index contributed by atoms with van der Waals surface area (Å²) < 4.78 is 78.6. The zero-order chi connectivity index (χ0) is 49.4. The van der Waals surface area contributed by atoms with E-state index in [1.54, 1.807) is 0 Å². The predicted octanol–water partition coefficient (Wildman–Crippen LogP) is 14.7. The molecule has 0 aliphatic carbocycles. The molecule has 0 saturated heterocycles. The number of rotatable bonds is 6. The van der Waals surface area contributed by atoms with E-state index in [4.69, 9.17) is 22.3 Å². The van der Waals surface area contributed by atoms with Crippen molar-refractivity contribution in [3.8, 4) is 67.5 Å². The second kappa shape index (κ2) is 14.8. The van der Waals surface area contributed by atoms with E-state index in [0.29, 0.717) is 16.7 Å². The highest BCUT2D eigenvalue weighted by molar-refractivity contribution is 5.98. The molecule has 6 aromatic carbocycles. The SMILES string of the molecule is [2H]C([2H])([2H])C(c1cccc(-c2nc3c(-c4cc(-c5cc(-c6ccc(C)cc6)ccn5)cc(C(C)(C)C)c4)cccc3n2-c2ccc(C(C)(C)C)cc2-c2ccccc2)c1O)(C([2H])([2H])[2H])C([2H])([2H])[2H]. The van der Waals surface area contributed by atoms with Crippen molar-refractivity contribution in [1.29, 1.82) is 0 Å². The Labute approximate surface area is 362 Å². The van der Waals surface area contributed by atoms with Gasteiger partial charge in [0, 0.05) is 35.2 Å². The Kier molecular flexibility index (Phi) is 7.52. The van der Waals surface area contributed by atoms with Gasteiger partial charge in [0.25, 0.3) is 0 Å². The number of aromatic hydroxyl groups is 1. The fourth-order valence-corrected chi connectivity index (χ4v) is 7.71. The zero-order valence-corrected chi connectivity index (χ0v) is 34.6. The second-order valence-corrected chi connectivity index (χ2v) is 17.6. The van der Waals surface area contributed by atoms with E-state index in [0.717, 1.165) is 61.8 Å². The highest BCUT2D eigenvalue weighted by Gasteiger charge is 2.27. The lowest BCUT2D eigenvalue weighted by Gasteiger charge is -2.24. The minimum atomic E-state index is -3.61. The van der Waals surface area contributed by atoms with Gasteiger partial charge in [-0.3, -0.25) is 9.55 Å². The number of imidazole rings is 1. The normalized spacial score (nSPS) is 15.2. The van der Waals surface area contributed by atoms with E-state index < -0.39 is 37.3 Å². The van der Waals surface area contributed by atoms with Gasteiger partial charge in [-0.2, -0.15) is 0 Å². The quantitative estimate of drug-likeness (QED) is 0.183. The molecule has 0 aliphatic rings. The number of phenolic OH excluding ortho intramolecular Hbond substituents is 1. The van der Waals surface area contributed by atoms with Gasteiger partial charge in [0.15, 0.2) is 0 Å². The zero-order valence-electron chi connectivity index (χ0n) is 43.6. The first-order chi connectivity index (χ1) is 31.7. The first-order valence-electron chi connectivity index (χ1n) is 24.5. The van der Waals surface area contributed by atoms with Gasteiger partial charge in [0.05, 0.1) is 28.0 Å². The molecule has 2 aromatic heterocycles. The van der Waals surface area contributed by atoms with Gasteiger partial charge in [-0.1, -0.05) is 159 Å². The summed E-state index contributed by atoms with van der Waals surface area (Å²) in [6, 6.07) is 44.7. The Morgan fingerprint density at radius 1 is 0.542 bits per heavy atom. The molecule has 0 atom stereocenters. The van der Waals surface area contributed by atoms with Crippen LogP contribution in [0, 0.1) is 6.92 Å². The summed E-state index contributed by atoms with van der Waals surface area (Å²) in [6.07, 6.45) is 1.82. The molecule has 2 heterocycles. The van der Waals surface area contributed by atoms with Gasteiger partial charge in [-0.15, -0.1) is 0 Å². The van der Waals surface area contributed by atoms with Gasteiger partial charge in [0.1, 0.15) is 11.6 Å². The number of benzene rings is 6. The molecule has 8 rings (SSSR count). The van der Waals surface area contributed by atoms with Crippen LogP contribution < -0.4 is 0 Å². The van der Waals surface area contributed by atoms with Crippen LogP contribution in [0.4, 0.5) is 0 Å². The van der Waals surface area contributed by atoms with Crippen LogP contribution in [-0.4, -0.2) is 19.6 Å². The molecule has 0 amide bonds. The second-order valence-electron chi connectivity index (χ2n) is 17.6. The molecule has 1 N–H and O–H groups in total. The minimum Gasteiger partial charge on any atom is -0.507 e. The molecule has 4 heteroatoms. The van der Waals surface area contributed by atoms with Crippen LogP contribution in [0.5, 0.6) is 5.75 Å². The summed E-state index contributed by atoms with van der Waals surface area (Å²) in [5.74, 6) is -0.666. The molecule has 0 aliphatic heterocycles. The summed E-state index contributed by atoms with van der Waals surface area (Å²) in [5.41, 5.74) is 7.38. The Balaban J connectivity index is 1.47. The van der Waals surface area contributed by atoms with E-state index in [2.05, 4.69) is 103 Å². The number of nitrogens with zero attached hydrogens (tertiary/aromatic N) is 3. The number of fused-ring (bicyclic) bond motifs is 1. The fraction of sp³-hybridized carbons (Fsp3) is 0.236. The number of pyridine rings is 1. The Bertz CT molecular complexity index is 3130. The Morgan fingerprint density at radius 3 is 1.95 bits per heavy atom. The number of hydrogen-bond acceptors (Lipinski definition) is 3. The van der Waals surface area contributed by atoms with Crippen LogP contribution >= 0.6 is 0 Å². The van der Waals surface area contributed by atoms with E-state index in [1.807, 2.05) is 77.5 Å². The lowest BCUT2D eigenvalue weighted by molar-refractivity contribution is 0.448. The van der Waals surface area contributed by atoms with Gasteiger partial charge < -0.3 is 5.11 Å². The van der Waals surface area contributed by atoms with E-state index in [9.17, 15) is 5.11 Å². The van der Waals surface area contributed by atoms with Crippen molar-refractivity contribution in [2.45, 2.75) is 85.3 Å². The Morgan fingerprint density at radius 2 is 1.24 bits per heavy atom. The highest BCUT2D eigenvalue weighted by Crippen LogP contribution is 2.44. The van der Waals surface area contributed by atoms with Crippen LogP contribution in [0.15, 0.2) is 146 Å². The first-order valence-corrected chi connectivity index (χ1v) is 20.0. The van der Waals surface area contributed by atoms with E-state index in [1.165, 1.54) is 17.7 Å². The van der Waals surface area contributed by atoms with E-state index >= 15 is 0 Å². The number of aromatic nitrogens is 3. The maximum atomic E-state index is 12.5. The molecule has 0 radical (unpaired) electrons. The summed E-state index contributed by atoms with van der Waals surface area (Å²) in [4.78, 5) is 10.2. The Hall–Kier alpha value is -6.26. The van der Waals surface area contributed by atoms with Crippen molar-refractivity contribution in [3.63, 3.8) is 0 Å². The first kappa shape index (κ1) is 29.9. The van der Waals surface area contributed by atoms with E-state index in [-0.39, 0.29) is 22.2 Å². The maximum absolute atomic E-state index is 12.5. The van der Waals surface area contributed by atoms with Crippen molar-refractivity contribution in [3.05, 3.63) is 168 Å². The van der Waals surface area contributed by atoms with Gasteiger partial charge >= 0.3 is 0 Å². The lowest BCUT2D eigenvalue weighted by Crippen LogP contribution is -2.12. The topological polar surface area (TPSA) is 50.9 Å². The molecule has 0 saturated carbocycles. The maximum Gasteiger partial charge on any atom is 0.149 e. The molecule has 8 aromatic rings. The average Bonchev–Trinajstić information content (AvgIpc) is 3.65. The average molecular weight is 783 g/mol. The van der Waals surface area contributed by atoms with Gasteiger partial charge in [-0.25, -0.2) is 4.98 Å². The number of hydrogen-bond donors (Lipinski definition) is 1. The summed E-state index contributed by atoms with van der Waals surface area (Å²) in [6.45, 7) is 4.08. The summed E-state index contributed by atoms with van der Waals surface area (Å²) in [7, 11) is 0. The molecular weight excluding hydrogens is 719 g/mol. The molecule has 0 spiro atoms. The highest BCUT2D eigenvalue weighted by atomic mass is 16.3. The van der Waals surface area contributed by atoms with Crippen molar-refractivity contribution in [2.75, 3.05) is 0 Å². The largest absolute Gasteiger partial charge is 0.507 e. The van der Waals surface area contributed by atoms with Crippen LogP contribution in [-0.2, 0) is 16.2 Å². The third kappa shape index (κ3) is 7.72. The number of para-hydroxylation sites is 2. The van der Waals surface area contributed by atoms with Crippen LogP contribution in [0.25, 0.3) is 72.7 Å². The van der Waals surface area contributed by atoms with Crippen molar-refractivity contribution < 1.29 is 17.4 Å². The molecule has 0 fully saturated rings. The molecule has 0 bridgehead atoms. The molecular formula is C55H55N3O. The van der Waals surface area contributed by atoms with Crippen molar-refractivity contribution in [2.24, 2.45) is 0 Å². The van der Waals surface area contributed by atoms with Crippen molar-refractivity contribution in [1.82, 2.24) is 14.5 Å². The van der Waals surface area contributed by atoms with Crippen molar-refractivity contribution >= 4 is 11.0 Å². The summed E-state index contributed by atoms with van der Waals surface area (Å²) >= 11 is 0. The lowest BCUT2D eigenvalue weighted by atomic mass is 9.83. The molecule has 4 nitrogen and oxygen atoms in total. The minimum absolute atomic E-state index is 0.0491. The molecule has 296 valence electrons. The fourth-order valence-electron chi connectivity index (χ4n) is 7.71. The van der Waals surface area contributed by atoms with Gasteiger partial charge in [0.2, 0.25) is 0 Å². The monoisotopic (exact) mass is 782 g/mol.